The van der Waals surface area contributed by atoms with Gasteiger partial charge in [0, 0.05) is 45.9 Å². The van der Waals surface area contributed by atoms with E-state index >= 15 is 0 Å². The standard InChI is InChI=1S/C56H77N15O12/c1-70-44(30-34-14-6-3-7-15-34)54(82)69-42(31-46(74)62-25-9-8-16-38(50(78)64-32-47(70)75)65-49(77)37(57)28-35-19-21-36(72)22-20-35)55(83)71-27-11-18-43(71)53(81)67-40(23-24-45(58)73)52(80)66-39(17-10-26-63-56(60)61)51(79)68-41(48(59)76)29-33-12-4-2-5-13-33/h2-7,12-15,19-22,37-44,72H,8-11,16-18,23-32,57H2,1H3,(H2,58,73)(H2,59,76)(H,62,74)(H,64,78)(H,65,77)(H,66,80)(H,67,81)(H,68,79)(H,69,82)(H4,60,61,63)/t37-,38-,39-,40-,41-,42-,43-,44-/m0/s1. The van der Waals surface area contributed by atoms with Crippen LogP contribution >= 0.6 is 0 Å². The van der Waals surface area contributed by atoms with Crippen LogP contribution in [0.15, 0.2) is 89.9 Å². The molecule has 18 N–H and O–H groups in total. The first-order valence-electron chi connectivity index (χ1n) is 27.5. The zero-order chi connectivity index (χ0) is 60.6. The van der Waals surface area contributed by atoms with Gasteiger partial charge in [0.15, 0.2) is 5.96 Å². The number of amides is 11. The molecule has 0 bridgehead atoms. The molecule has 3 aromatic rings. The molecule has 2 saturated heterocycles. The van der Waals surface area contributed by atoms with Crippen LogP contribution in [0.5, 0.6) is 5.75 Å². The highest BCUT2D eigenvalue weighted by molar-refractivity contribution is 5.99. The molecule has 0 radical (unpaired) electrons. The maximum atomic E-state index is 14.8. The highest BCUT2D eigenvalue weighted by Gasteiger charge is 2.41. The van der Waals surface area contributed by atoms with E-state index in [0.29, 0.717) is 16.7 Å². The Morgan fingerprint density at radius 2 is 1.34 bits per heavy atom. The molecule has 2 heterocycles. The van der Waals surface area contributed by atoms with Crippen LogP contribution in [0.2, 0.25) is 0 Å². The predicted octanol–water partition coefficient (Wildman–Crippen LogP) is -3.40. The number of guanidine groups is 1. The highest BCUT2D eigenvalue weighted by Crippen LogP contribution is 2.21. The van der Waals surface area contributed by atoms with Crippen molar-refractivity contribution in [3.8, 4) is 5.75 Å². The van der Waals surface area contributed by atoms with E-state index in [4.69, 9.17) is 28.7 Å². The zero-order valence-electron chi connectivity index (χ0n) is 46.4. The minimum Gasteiger partial charge on any atom is -0.508 e. The van der Waals surface area contributed by atoms with E-state index in [9.17, 15) is 57.8 Å². The van der Waals surface area contributed by atoms with Crippen LogP contribution in [0, 0.1) is 0 Å². The maximum Gasteiger partial charge on any atom is 0.246 e. The molecule has 27 heteroatoms. The van der Waals surface area contributed by atoms with Crippen molar-refractivity contribution in [2.24, 2.45) is 33.7 Å². The van der Waals surface area contributed by atoms with Gasteiger partial charge in [0.2, 0.25) is 65.0 Å². The first kappa shape index (κ1) is 64.7. The Morgan fingerprint density at radius 3 is 1.98 bits per heavy atom. The number of benzene rings is 3. The molecule has 3 aromatic carbocycles. The first-order valence-corrected chi connectivity index (χ1v) is 27.5. The number of likely N-dealkylation sites (tertiary alicyclic amines) is 1. The number of nitrogens with one attached hydrogen (secondary N) is 7. The molecule has 0 saturated carbocycles. The van der Waals surface area contributed by atoms with Crippen molar-refractivity contribution in [1.29, 1.82) is 0 Å². The second kappa shape index (κ2) is 32.3. The number of nitrogens with two attached hydrogens (primary N) is 5. The van der Waals surface area contributed by atoms with Crippen LogP contribution in [0.1, 0.15) is 80.9 Å². The number of carbonyl (C=O) groups excluding carboxylic acids is 11. The third-order valence-electron chi connectivity index (χ3n) is 14.1. The SMILES string of the molecule is CN1C(=O)CNC(=O)[C@@H](NC(=O)[C@@H](N)Cc2ccc(O)cc2)CCCCNC(=O)C[C@@H](C(=O)N2CCC[C@H]2C(=O)N[C@@H](CCC(N)=O)C(=O)N[C@@H](CCCN=C(N)N)C(=O)N[C@@H](Cc2ccccc2)C(N)=O)NC(=O)[C@@H]1Cc1ccccc1. The van der Waals surface area contributed by atoms with Gasteiger partial charge in [-0.05, 0) is 86.6 Å². The van der Waals surface area contributed by atoms with E-state index in [1.807, 2.05) is 0 Å². The smallest absolute Gasteiger partial charge is 0.246 e. The fourth-order valence-electron chi connectivity index (χ4n) is 9.50. The zero-order valence-corrected chi connectivity index (χ0v) is 46.4. The molecule has 2 aliphatic heterocycles. The summed E-state index contributed by atoms with van der Waals surface area (Å²) in [6.45, 7) is -0.552. The van der Waals surface area contributed by atoms with E-state index in [2.05, 4.69) is 42.2 Å². The largest absolute Gasteiger partial charge is 0.508 e. The van der Waals surface area contributed by atoms with Crippen molar-refractivity contribution >= 4 is 70.9 Å². The minimum absolute atomic E-state index is 0.0256. The van der Waals surface area contributed by atoms with E-state index in [1.165, 1.54) is 19.2 Å². The van der Waals surface area contributed by atoms with Crippen molar-refractivity contribution in [1.82, 2.24) is 47.0 Å². The normalized spacial score (nSPS) is 19.6. The molecule has 0 spiro atoms. The predicted molar refractivity (Wildman–Crippen MR) is 303 cm³/mol. The van der Waals surface area contributed by atoms with Crippen LogP contribution < -0.4 is 65.9 Å². The fourth-order valence-corrected chi connectivity index (χ4v) is 9.50. The maximum absolute atomic E-state index is 14.8. The number of hydrogen-bond acceptors (Lipinski definition) is 14. The summed E-state index contributed by atoms with van der Waals surface area (Å²) < 4.78 is 0. The van der Waals surface area contributed by atoms with Crippen molar-refractivity contribution < 1.29 is 57.8 Å². The van der Waals surface area contributed by atoms with E-state index in [1.54, 1.807) is 72.8 Å². The lowest BCUT2D eigenvalue weighted by atomic mass is 10.0. The summed E-state index contributed by atoms with van der Waals surface area (Å²) in [5, 5.41) is 28.1. The number of phenolic OH excluding ortho intramolecular Hbond substituents is 1. The fraction of sp³-hybridized carbons (Fsp3) is 0.464. The van der Waals surface area contributed by atoms with Gasteiger partial charge in [-0.15, -0.1) is 0 Å². The average molecular weight is 1150 g/mol. The summed E-state index contributed by atoms with van der Waals surface area (Å²) in [5.41, 5.74) is 30.3. The number of aromatic hydroxyl groups is 1. The number of hydrogen-bond donors (Lipinski definition) is 13. The van der Waals surface area contributed by atoms with E-state index < -0.39 is 133 Å². The molecule has 5 rings (SSSR count). The molecule has 448 valence electrons. The Kier molecular flexibility index (Phi) is 25.2. The van der Waals surface area contributed by atoms with Crippen LogP contribution in [0.3, 0.4) is 0 Å². The van der Waals surface area contributed by atoms with Crippen LogP contribution in [-0.4, -0.2) is 167 Å². The van der Waals surface area contributed by atoms with Crippen molar-refractivity contribution in [3.63, 3.8) is 0 Å². The van der Waals surface area contributed by atoms with Gasteiger partial charge in [0.25, 0.3) is 0 Å². The average Bonchev–Trinajstić information content (AvgIpc) is 4.09. The number of rotatable bonds is 23. The monoisotopic (exact) mass is 1150 g/mol. The molecule has 83 heavy (non-hydrogen) atoms. The molecule has 0 aliphatic carbocycles. The molecular formula is C56H77N15O12. The van der Waals surface area contributed by atoms with Crippen molar-refractivity contribution in [3.05, 3.63) is 102 Å². The van der Waals surface area contributed by atoms with Gasteiger partial charge in [-0.2, -0.15) is 0 Å². The topological polar surface area (TPSA) is 441 Å². The van der Waals surface area contributed by atoms with Crippen LogP contribution in [-0.2, 0) is 72.0 Å². The molecule has 0 aromatic heterocycles. The Bertz CT molecular complexity index is 2780. The van der Waals surface area contributed by atoms with Gasteiger partial charge < -0.3 is 80.8 Å². The number of phenols is 1. The van der Waals surface area contributed by atoms with Crippen LogP contribution in [0.4, 0.5) is 0 Å². The van der Waals surface area contributed by atoms with Gasteiger partial charge >= 0.3 is 0 Å². The van der Waals surface area contributed by atoms with E-state index in [-0.39, 0.29) is 102 Å². The summed E-state index contributed by atoms with van der Waals surface area (Å²) >= 11 is 0. The summed E-state index contributed by atoms with van der Waals surface area (Å²) in [4.78, 5) is 157. The Hall–Kier alpha value is -9.14. The minimum atomic E-state index is -1.61. The Morgan fingerprint density at radius 1 is 0.711 bits per heavy atom. The highest BCUT2D eigenvalue weighted by atomic mass is 16.3. The van der Waals surface area contributed by atoms with Gasteiger partial charge in [-0.3, -0.25) is 57.7 Å². The quantitative estimate of drug-likeness (QED) is 0.0250. The molecule has 2 fully saturated rings. The Labute approximate surface area is 480 Å². The number of primary amides is 2. The van der Waals surface area contributed by atoms with Crippen LogP contribution in [0.25, 0.3) is 0 Å². The summed E-state index contributed by atoms with van der Waals surface area (Å²) in [6, 6.07) is 12.9. The van der Waals surface area contributed by atoms with Gasteiger partial charge in [0.1, 0.15) is 48.0 Å². The molecule has 27 nitrogen and oxygen atoms in total. The Balaban J connectivity index is 1.36. The second-order valence-electron chi connectivity index (χ2n) is 20.5. The number of carbonyl (C=O) groups is 11. The lowest BCUT2D eigenvalue weighted by Crippen LogP contribution is -2.60. The molecular weight excluding hydrogens is 1070 g/mol. The molecule has 0 unspecified atom stereocenters. The van der Waals surface area contributed by atoms with Gasteiger partial charge in [-0.25, -0.2) is 0 Å². The number of likely N-dealkylation sites (N-methyl/N-ethyl adjacent to an activating group) is 1. The summed E-state index contributed by atoms with van der Waals surface area (Å²) in [7, 11) is 1.33. The number of nitrogens with zero attached hydrogens (tertiary/aromatic N) is 3. The third-order valence-corrected chi connectivity index (χ3v) is 14.1. The lowest BCUT2D eigenvalue weighted by molar-refractivity contribution is -0.145. The molecule has 11 amide bonds. The summed E-state index contributed by atoms with van der Waals surface area (Å²) in [5.74, 6) is -8.92. The third kappa shape index (κ3) is 21.0. The number of aliphatic imine (C=N–C) groups is 1. The molecule has 8 atom stereocenters. The van der Waals surface area contributed by atoms with E-state index in [0.717, 1.165) is 9.80 Å². The molecule has 2 aliphatic rings. The second-order valence-corrected chi connectivity index (χ2v) is 20.5. The summed E-state index contributed by atoms with van der Waals surface area (Å²) in [6.07, 6.45) is -0.323. The van der Waals surface area contributed by atoms with Gasteiger partial charge in [-0.1, -0.05) is 72.8 Å². The van der Waals surface area contributed by atoms with Crippen molar-refractivity contribution in [2.75, 3.05) is 33.2 Å². The van der Waals surface area contributed by atoms with Crippen molar-refractivity contribution in [2.45, 2.75) is 132 Å². The van der Waals surface area contributed by atoms with Gasteiger partial charge in [0.05, 0.1) is 19.0 Å². The lowest BCUT2D eigenvalue weighted by Gasteiger charge is -2.32. The first-order chi connectivity index (χ1) is 39.6.